The van der Waals surface area contributed by atoms with Crippen molar-refractivity contribution < 1.29 is 14.0 Å². The third-order valence-electron chi connectivity index (χ3n) is 3.82. The van der Waals surface area contributed by atoms with Gasteiger partial charge in [0.15, 0.2) is 5.78 Å². The highest BCUT2D eigenvalue weighted by atomic mass is 32.1. The average Bonchev–Trinajstić information content (AvgIpc) is 3.22. The molecule has 1 amide bonds. The Morgan fingerprint density at radius 3 is 2.88 bits per heavy atom. The molecule has 1 aromatic carbocycles. The van der Waals surface area contributed by atoms with E-state index in [9.17, 15) is 14.0 Å². The minimum absolute atomic E-state index is 0.00111. The number of aromatic nitrogens is 1. The van der Waals surface area contributed by atoms with E-state index in [0.29, 0.717) is 17.8 Å². The van der Waals surface area contributed by atoms with Crippen molar-refractivity contribution in [2.24, 2.45) is 0 Å². The molecule has 6 heteroatoms. The molecule has 124 valence electrons. The molecule has 0 saturated carbocycles. The summed E-state index contributed by atoms with van der Waals surface area (Å²) in [6.45, 7) is 0.482. The Balaban J connectivity index is 1.45. The van der Waals surface area contributed by atoms with E-state index in [1.54, 1.807) is 12.1 Å². The lowest BCUT2D eigenvalue weighted by molar-refractivity contribution is -0.121. The maximum atomic E-state index is 13.2. The largest absolute Gasteiger partial charge is 0.361 e. The van der Waals surface area contributed by atoms with Crippen LogP contribution >= 0.6 is 11.3 Å². The Morgan fingerprint density at radius 1 is 1.21 bits per heavy atom. The van der Waals surface area contributed by atoms with Crippen LogP contribution in [0.1, 0.15) is 28.1 Å². The number of benzene rings is 1. The Morgan fingerprint density at radius 2 is 2.08 bits per heavy atom. The van der Waals surface area contributed by atoms with E-state index in [2.05, 4.69) is 10.3 Å². The first-order valence-corrected chi connectivity index (χ1v) is 8.60. The molecule has 0 saturated heterocycles. The van der Waals surface area contributed by atoms with Gasteiger partial charge >= 0.3 is 0 Å². The van der Waals surface area contributed by atoms with Gasteiger partial charge in [0, 0.05) is 36.5 Å². The van der Waals surface area contributed by atoms with E-state index in [1.165, 1.54) is 23.5 Å². The van der Waals surface area contributed by atoms with E-state index in [4.69, 9.17) is 0 Å². The SMILES string of the molecule is O=C(CCC(=O)c1cccs1)NCCc1c[nH]c2cc(F)ccc12. The predicted octanol–water partition coefficient (Wildman–Crippen LogP) is 3.69. The Kier molecular flexibility index (Phi) is 5.05. The summed E-state index contributed by atoms with van der Waals surface area (Å²) in [5.41, 5.74) is 1.78. The fraction of sp³-hybridized carbons (Fsp3) is 0.222. The number of thiophene rings is 1. The van der Waals surface area contributed by atoms with Crippen molar-refractivity contribution in [3.8, 4) is 0 Å². The van der Waals surface area contributed by atoms with E-state index in [-0.39, 0.29) is 30.3 Å². The second kappa shape index (κ2) is 7.40. The molecule has 0 unspecified atom stereocenters. The van der Waals surface area contributed by atoms with Crippen LogP contribution in [-0.4, -0.2) is 23.2 Å². The van der Waals surface area contributed by atoms with Crippen molar-refractivity contribution in [2.75, 3.05) is 6.54 Å². The number of aromatic amines is 1. The summed E-state index contributed by atoms with van der Waals surface area (Å²) in [5, 5.41) is 5.63. The number of amides is 1. The number of rotatable bonds is 7. The number of H-pyrrole nitrogens is 1. The first-order valence-electron chi connectivity index (χ1n) is 7.72. The third-order valence-corrected chi connectivity index (χ3v) is 4.73. The predicted molar refractivity (Wildman–Crippen MR) is 92.9 cm³/mol. The van der Waals surface area contributed by atoms with Crippen LogP contribution in [0.15, 0.2) is 41.9 Å². The van der Waals surface area contributed by atoms with E-state index in [1.807, 2.05) is 17.6 Å². The van der Waals surface area contributed by atoms with Crippen molar-refractivity contribution in [2.45, 2.75) is 19.3 Å². The van der Waals surface area contributed by atoms with Crippen LogP contribution in [0.25, 0.3) is 10.9 Å². The topological polar surface area (TPSA) is 62.0 Å². The van der Waals surface area contributed by atoms with Gasteiger partial charge in [0.05, 0.1) is 4.88 Å². The highest BCUT2D eigenvalue weighted by molar-refractivity contribution is 7.12. The molecule has 0 bridgehead atoms. The lowest BCUT2D eigenvalue weighted by Gasteiger charge is -2.04. The van der Waals surface area contributed by atoms with Crippen molar-refractivity contribution in [3.63, 3.8) is 0 Å². The standard InChI is InChI=1S/C18H17FN2O2S/c19-13-3-4-14-12(11-21-15(14)10-13)7-8-20-18(23)6-5-16(22)17-2-1-9-24-17/h1-4,9-11,21H,5-8H2,(H,20,23). The molecular formula is C18H17FN2O2S. The maximum absolute atomic E-state index is 13.2. The number of fused-ring (bicyclic) bond motifs is 1. The van der Waals surface area contributed by atoms with E-state index < -0.39 is 0 Å². The van der Waals surface area contributed by atoms with Gasteiger partial charge in [0.1, 0.15) is 5.82 Å². The molecular weight excluding hydrogens is 327 g/mol. The molecule has 0 fully saturated rings. The number of ketones is 1. The first kappa shape index (κ1) is 16.4. The highest BCUT2D eigenvalue weighted by Crippen LogP contribution is 2.19. The van der Waals surface area contributed by atoms with Crippen LogP contribution < -0.4 is 5.32 Å². The molecule has 0 aliphatic heterocycles. The second-order valence-corrected chi connectivity index (χ2v) is 6.45. The molecule has 0 aliphatic rings. The van der Waals surface area contributed by atoms with Crippen molar-refractivity contribution in [1.29, 1.82) is 0 Å². The summed E-state index contributed by atoms with van der Waals surface area (Å²) in [5.74, 6) is -0.413. The molecule has 0 radical (unpaired) electrons. The summed E-state index contributed by atoms with van der Waals surface area (Å²) >= 11 is 1.39. The van der Waals surface area contributed by atoms with Crippen molar-refractivity contribution >= 4 is 33.9 Å². The van der Waals surface area contributed by atoms with Gasteiger partial charge in [-0.25, -0.2) is 4.39 Å². The van der Waals surface area contributed by atoms with Crippen molar-refractivity contribution in [3.05, 3.63) is 58.2 Å². The summed E-state index contributed by atoms with van der Waals surface area (Å²) < 4.78 is 13.2. The maximum Gasteiger partial charge on any atom is 0.220 e. The summed E-state index contributed by atoms with van der Waals surface area (Å²) in [4.78, 5) is 27.4. The van der Waals surface area contributed by atoms with Gasteiger partial charge in [-0.15, -0.1) is 11.3 Å². The minimum Gasteiger partial charge on any atom is -0.361 e. The van der Waals surface area contributed by atoms with E-state index >= 15 is 0 Å². The van der Waals surface area contributed by atoms with Gasteiger partial charge in [0.25, 0.3) is 0 Å². The minimum atomic E-state index is -0.278. The van der Waals surface area contributed by atoms with Crippen LogP contribution in [0.2, 0.25) is 0 Å². The summed E-state index contributed by atoms with van der Waals surface area (Å²) in [7, 11) is 0. The molecule has 2 aromatic heterocycles. The fourth-order valence-corrected chi connectivity index (χ4v) is 3.27. The fourth-order valence-electron chi connectivity index (χ4n) is 2.58. The molecule has 3 rings (SSSR count). The first-order chi connectivity index (χ1) is 11.6. The number of Topliss-reactive ketones (excluding diaryl/α,β-unsaturated/α-hetero) is 1. The van der Waals surface area contributed by atoms with Crippen LogP contribution in [0.5, 0.6) is 0 Å². The van der Waals surface area contributed by atoms with Gasteiger partial charge < -0.3 is 10.3 Å². The zero-order chi connectivity index (χ0) is 16.9. The molecule has 4 nitrogen and oxygen atoms in total. The Hall–Kier alpha value is -2.47. The van der Waals surface area contributed by atoms with Gasteiger partial charge in [-0.2, -0.15) is 0 Å². The zero-order valence-corrected chi connectivity index (χ0v) is 13.8. The van der Waals surface area contributed by atoms with Gasteiger partial charge in [0.2, 0.25) is 5.91 Å². The third kappa shape index (κ3) is 3.89. The average molecular weight is 344 g/mol. The lowest BCUT2D eigenvalue weighted by Crippen LogP contribution is -2.25. The summed E-state index contributed by atoms with van der Waals surface area (Å²) in [6.07, 6.45) is 2.89. The van der Waals surface area contributed by atoms with Crippen LogP contribution in [0, 0.1) is 5.82 Å². The second-order valence-electron chi connectivity index (χ2n) is 5.50. The molecule has 24 heavy (non-hydrogen) atoms. The monoisotopic (exact) mass is 344 g/mol. The molecule has 0 spiro atoms. The number of carbonyl (C=O) groups excluding carboxylic acids is 2. The van der Waals surface area contributed by atoms with Crippen LogP contribution in [-0.2, 0) is 11.2 Å². The number of carbonyl (C=O) groups is 2. The highest BCUT2D eigenvalue weighted by Gasteiger charge is 2.10. The van der Waals surface area contributed by atoms with Gasteiger partial charge in [-0.1, -0.05) is 6.07 Å². The number of halogens is 1. The van der Waals surface area contributed by atoms with Gasteiger partial charge in [-0.3, -0.25) is 9.59 Å². The molecule has 0 atom stereocenters. The lowest BCUT2D eigenvalue weighted by atomic mass is 10.1. The Bertz CT molecular complexity index is 855. The smallest absolute Gasteiger partial charge is 0.220 e. The number of hydrogen-bond acceptors (Lipinski definition) is 3. The molecule has 2 heterocycles. The van der Waals surface area contributed by atoms with Crippen LogP contribution in [0.3, 0.4) is 0 Å². The van der Waals surface area contributed by atoms with Crippen molar-refractivity contribution in [1.82, 2.24) is 10.3 Å². The van der Waals surface area contributed by atoms with E-state index in [0.717, 1.165) is 16.5 Å². The summed E-state index contributed by atoms with van der Waals surface area (Å²) in [6, 6.07) is 8.20. The number of hydrogen-bond donors (Lipinski definition) is 2. The molecule has 0 aliphatic carbocycles. The number of nitrogens with one attached hydrogen (secondary N) is 2. The van der Waals surface area contributed by atoms with Crippen LogP contribution in [0.4, 0.5) is 4.39 Å². The van der Waals surface area contributed by atoms with Gasteiger partial charge in [-0.05, 0) is 41.6 Å². The Labute approximate surface area is 142 Å². The molecule has 3 aromatic rings. The normalized spacial score (nSPS) is 10.9. The molecule has 2 N–H and O–H groups in total. The quantitative estimate of drug-likeness (QED) is 0.642. The zero-order valence-electron chi connectivity index (χ0n) is 13.0.